The highest BCUT2D eigenvalue weighted by Crippen LogP contribution is 2.43. The third kappa shape index (κ3) is 2.99. The van der Waals surface area contributed by atoms with Crippen molar-refractivity contribution >= 4 is 17.7 Å². The molecule has 0 N–H and O–H groups in total. The maximum atomic E-state index is 12.6. The number of para-hydroxylation sites is 1. The van der Waals surface area contributed by atoms with Crippen LogP contribution in [0.1, 0.15) is 52.2 Å². The molecule has 5 nitrogen and oxygen atoms in total. The number of amides is 2. The Morgan fingerprint density at radius 3 is 2.58 bits per heavy atom. The van der Waals surface area contributed by atoms with Crippen molar-refractivity contribution in [2.24, 2.45) is 0 Å². The molecule has 0 aromatic heterocycles. The highest BCUT2D eigenvalue weighted by molar-refractivity contribution is 5.99. The molecule has 0 aliphatic carbocycles. The number of ether oxygens (including phenoxy) is 1. The highest BCUT2D eigenvalue weighted by atomic mass is 16.6. The molecule has 0 atom stereocenters. The van der Waals surface area contributed by atoms with E-state index in [0.717, 1.165) is 11.3 Å². The average molecular weight is 330 g/mol. The largest absolute Gasteiger partial charge is 0.444 e. The van der Waals surface area contributed by atoms with Gasteiger partial charge in [0, 0.05) is 24.9 Å². The molecule has 24 heavy (non-hydrogen) atoms. The Bertz CT molecular complexity index is 688. The number of carbonyl (C=O) groups is 2. The molecular formula is C19H26N2O3. The molecule has 2 aliphatic rings. The van der Waals surface area contributed by atoms with Crippen LogP contribution in [0, 0.1) is 0 Å². The Morgan fingerprint density at radius 1 is 1.21 bits per heavy atom. The third-order valence-electron chi connectivity index (χ3n) is 4.62. The predicted molar refractivity (Wildman–Crippen MR) is 93.1 cm³/mol. The number of benzene rings is 1. The van der Waals surface area contributed by atoms with E-state index in [4.69, 9.17) is 4.74 Å². The van der Waals surface area contributed by atoms with Gasteiger partial charge in [0.05, 0.1) is 12.2 Å². The topological polar surface area (TPSA) is 49.9 Å². The van der Waals surface area contributed by atoms with Gasteiger partial charge in [0.1, 0.15) is 5.60 Å². The Kier molecular flexibility index (Phi) is 3.85. The maximum absolute atomic E-state index is 12.6. The molecule has 0 fully saturated rings. The van der Waals surface area contributed by atoms with Crippen LogP contribution in [0.15, 0.2) is 18.2 Å². The number of anilines is 1. The van der Waals surface area contributed by atoms with Crippen LogP contribution < -0.4 is 4.90 Å². The number of hydrogen-bond donors (Lipinski definition) is 0. The maximum Gasteiger partial charge on any atom is 0.410 e. The van der Waals surface area contributed by atoms with Crippen molar-refractivity contribution in [1.29, 1.82) is 0 Å². The zero-order chi connectivity index (χ0) is 17.7. The molecular weight excluding hydrogens is 304 g/mol. The zero-order valence-corrected chi connectivity index (χ0v) is 15.2. The Hall–Kier alpha value is -2.04. The lowest BCUT2D eigenvalue weighted by atomic mass is 9.76. The molecule has 0 spiro atoms. The number of hydrogen-bond acceptors (Lipinski definition) is 3. The molecule has 0 saturated carbocycles. The van der Waals surface area contributed by atoms with Crippen LogP contribution in [0.4, 0.5) is 10.5 Å². The monoisotopic (exact) mass is 330 g/mol. The van der Waals surface area contributed by atoms with Crippen molar-refractivity contribution < 1.29 is 14.3 Å². The van der Waals surface area contributed by atoms with E-state index in [-0.39, 0.29) is 17.4 Å². The number of nitrogens with zero attached hydrogens (tertiary/aromatic N) is 2. The quantitative estimate of drug-likeness (QED) is 0.732. The number of carbonyl (C=O) groups excluding carboxylic acids is 2. The molecule has 2 heterocycles. The van der Waals surface area contributed by atoms with Crippen molar-refractivity contribution in [1.82, 2.24) is 4.90 Å². The SMILES string of the molecule is CC(C)(C)OC(=O)N1CCN2C(=O)CC(C)(C)c3cccc(c32)C1. The van der Waals surface area contributed by atoms with Gasteiger partial charge >= 0.3 is 6.09 Å². The van der Waals surface area contributed by atoms with Gasteiger partial charge in [-0.3, -0.25) is 4.79 Å². The fraction of sp³-hybridized carbons (Fsp3) is 0.579. The Balaban J connectivity index is 1.98. The number of rotatable bonds is 0. The first-order valence-electron chi connectivity index (χ1n) is 8.49. The molecule has 2 aliphatic heterocycles. The fourth-order valence-electron chi connectivity index (χ4n) is 3.50. The van der Waals surface area contributed by atoms with Gasteiger partial charge in [0.25, 0.3) is 0 Å². The molecule has 130 valence electrons. The third-order valence-corrected chi connectivity index (χ3v) is 4.62. The van der Waals surface area contributed by atoms with Crippen molar-refractivity contribution in [2.45, 2.75) is 58.6 Å². The molecule has 0 unspecified atom stereocenters. The van der Waals surface area contributed by atoms with Gasteiger partial charge in [-0.25, -0.2) is 4.79 Å². The van der Waals surface area contributed by atoms with E-state index < -0.39 is 5.60 Å². The first-order valence-corrected chi connectivity index (χ1v) is 8.49. The fourth-order valence-corrected chi connectivity index (χ4v) is 3.50. The summed E-state index contributed by atoms with van der Waals surface area (Å²) in [5.41, 5.74) is 2.48. The molecule has 0 saturated heterocycles. The minimum absolute atomic E-state index is 0.131. The van der Waals surface area contributed by atoms with E-state index in [1.165, 1.54) is 5.56 Å². The van der Waals surface area contributed by atoms with Crippen molar-refractivity contribution in [3.63, 3.8) is 0 Å². The molecule has 1 aromatic carbocycles. The molecule has 3 rings (SSSR count). The van der Waals surface area contributed by atoms with E-state index in [1.807, 2.05) is 37.8 Å². The van der Waals surface area contributed by atoms with Crippen LogP contribution in [0.25, 0.3) is 0 Å². The van der Waals surface area contributed by atoms with Crippen LogP contribution in [0.3, 0.4) is 0 Å². The molecule has 1 aromatic rings. The zero-order valence-electron chi connectivity index (χ0n) is 15.2. The van der Waals surface area contributed by atoms with Crippen LogP contribution in [-0.4, -0.2) is 35.6 Å². The smallest absolute Gasteiger partial charge is 0.410 e. The first kappa shape index (κ1) is 16.8. The van der Waals surface area contributed by atoms with E-state index in [0.29, 0.717) is 26.1 Å². The average Bonchev–Trinajstić information content (AvgIpc) is 2.63. The summed E-state index contributed by atoms with van der Waals surface area (Å²) in [6.45, 7) is 11.3. The van der Waals surface area contributed by atoms with E-state index in [9.17, 15) is 9.59 Å². The predicted octanol–water partition coefficient (Wildman–Crippen LogP) is 3.45. The molecule has 0 radical (unpaired) electrons. The van der Waals surface area contributed by atoms with Crippen LogP contribution in [0.5, 0.6) is 0 Å². The normalized spacial score (nSPS) is 19.6. The second-order valence-electron chi connectivity index (χ2n) is 8.32. The second-order valence-corrected chi connectivity index (χ2v) is 8.32. The van der Waals surface area contributed by atoms with Gasteiger partial charge in [0.15, 0.2) is 0 Å². The minimum atomic E-state index is -0.528. The van der Waals surface area contributed by atoms with Gasteiger partial charge in [-0.05, 0) is 31.9 Å². The lowest BCUT2D eigenvalue weighted by molar-refractivity contribution is -0.120. The summed E-state index contributed by atoms with van der Waals surface area (Å²) in [7, 11) is 0. The molecule has 5 heteroatoms. The first-order chi connectivity index (χ1) is 11.1. The molecule has 2 amide bonds. The van der Waals surface area contributed by atoms with Gasteiger partial charge in [-0.15, -0.1) is 0 Å². The second kappa shape index (κ2) is 5.50. The van der Waals surface area contributed by atoms with Crippen LogP contribution in [0.2, 0.25) is 0 Å². The van der Waals surface area contributed by atoms with Gasteiger partial charge in [-0.2, -0.15) is 0 Å². The standard InChI is InChI=1S/C19H26N2O3/c1-18(2,3)24-17(23)20-9-10-21-15(22)11-19(4,5)14-8-6-7-13(12-20)16(14)21/h6-8H,9-12H2,1-5H3. The van der Waals surface area contributed by atoms with Crippen molar-refractivity contribution in [3.8, 4) is 0 Å². The van der Waals surface area contributed by atoms with Crippen LogP contribution >= 0.6 is 0 Å². The van der Waals surface area contributed by atoms with E-state index in [2.05, 4.69) is 19.9 Å². The van der Waals surface area contributed by atoms with Crippen LogP contribution in [-0.2, 0) is 21.5 Å². The summed E-state index contributed by atoms with van der Waals surface area (Å²) in [5, 5.41) is 0. The lowest BCUT2D eigenvalue weighted by Crippen LogP contribution is -2.44. The molecule has 0 bridgehead atoms. The highest BCUT2D eigenvalue weighted by Gasteiger charge is 2.40. The lowest BCUT2D eigenvalue weighted by Gasteiger charge is -2.38. The summed E-state index contributed by atoms with van der Waals surface area (Å²) < 4.78 is 5.51. The Morgan fingerprint density at radius 2 is 1.92 bits per heavy atom. The minimum Gasteiger partial charge on any atom is -0.444 e. The van der Waals surface area contributed by atoms with E-state index >= 15 is 0 Å². The van der Waals surface area contributed by atoms with Gasteiger partial charge < -0.3 is 14.5 Å². The summed E-state index contributed by atoms with van der Waals surface area (Å²) in [6.07, 6.45) is 0.169. The Labute approximate surface area is 143 Å². The summed E-state index contributed by atoms with van der Waals surface area (Å²) in [4.78, 5) is 28.7. The van der Waals surface area contributed by atoms with Crippen molar-refractivity contribution in [3.05, 3.63) is 29.3 Å². The summed E-state index contributed by atoms with van der Waals surface area (Å²) in [5.74, 6) is 0.131. The van der Waals surface area contributed by atoms with E-state index in [1.54, 1.807) is 4.90 Å². The van der Waals surface area contributed by atoms with Gasteiger partial charge in [0.2, 0.25) is 5.91 Å². The summed E-state index contributed by atoms with van der Waals surface area (Å²) in [6, 6.07) is 6.12. The van der Waals surface area contributed by atoms with Crippen molar-refractivity contribution in [2.75, 3.05) is 18.0 Å². The van der Waals surface area contributed by atoms with Gasteiger partial charge in [-0.1, -0.05) is 32.0 Å². The summed E-state index contributed by atoms with van der Waals surface area (Å²) >= 11 is 0.